The predicted molar refractivity (Wildman–Crippen MR) is 122 cm³/mol. The Morgan fingerprint density at radius 2 is 2.03 bits per heavy atom. The quantitative estimate of drug-likeness (QED) is 0.0943. The number of carboxylic acid groups (broad SMARTS) is 1. The van der Waals surface area contributed by atoms with Crippen molar-refractivity contribution >= 4 is 29.7 Å². The number of likely N-dealkylation sites (tertiary alicyclic amines) is 1. The summed E-state index contributed by atoms with van der Waals surface area (Å²) in [5.74, 6) is -2.87. The lowest BCUT2D eigenvalue weighted by Crippen LogP contribution is -2.57. The molecule has 10 N–H and O–H groups in total. The Bertz CT molecular complexity index is 883. The van der Waals surface area contributed by atoms with Crippen LogP contribution in [0.15, 0.2) is 17.5 Å². The number of aliphatic carboxylic acids is 1. The Morgan fingerprint density at radius 1 is 1.29 bits per heavy atom. The van der Waals surface area contributed by atoms with Gasteiger partial charge in [0.2, 0.25) is 17.7 Å². The number of nitrogens with one attached hydrogen (secondary N) is 3. The zero-order valence-electron chi connectivity index (χ0n) is 19.1. The van der Waals surface area contributed by atoms with E-state index in [9.17, 15) is 24.3 Å². The first-order valence-corrected chi connectivity index (χ1v) is 11.0. The van der Waals surface area contributed by atoms with Gasteiger partial charge in [-0.3, -0.25) is 19.4 Å². The van der Waals surface area contributed by atoms with Gasteiger partial charge in [-0.25, -0.2) is 9.78 Å². The van der Waals surface area contributed by atoms with Gasteiger partial charge in [-0.1, -0.05) is 0 Å². The van der Waals surface area contributed by atoms with Crippen LogP contribution in [0, 0.1) is 0 Å². The first kappa shape index (κ1) is 26.6. The van der Waals surface area contributed by atoms with Gasteiger partial charge < -0.3 is 42.8 Å². The molecule has 4 atom stereocenters. The van der Waals surface area contributed by atoms with E-state index in [0.717, 1.165) is 0 Å². The molecule has 1 aliphatic heterocycles. The molecule has 34 heavy (non-hydrogen) atoms. The van der Waals surface area contributed by atoms with Crippen molar-refractivity contribution in [2.75, 3.05) is 13.1 Å². The molecule has 3 amide bonds. The highest BCUT2D eigenvalue weighted by atomic mass is 16.4. The first-order valence-electron chi connectivity index (χ1n) is 11.0. The number of carboxylic acids is 1. The number of nitrogens with zero attached hydrogens (tertiary/aromatic N) is 3. The molecule has 0 bridgehead atoms. The molecule has 2 rings (SSSR count). The van der Waals surface area contributed by atoms with Crippen LogP contribution in [0.1, 0.15) is 38.3 Å². The molecule has 1 aliphatic rings. The van der Waals surface area contributed by atoms with E-state index in [1.54, 1.807) is 6.92 Å². The molecule has 188 valence electrons. The number of nitrogens with two attached hydrogens (primary N) is 3. The molecule has 0 spiro atoms. The van der Waals surface area contributed by atoms with Gasteiger partial charge in [-0.2, -0.15) is 0 Å². The summed E-state index contributed by atoms with van der Waals surface area (Å²) in [6.07, 6.45) is 4.45. The number of amides is 3. The summed E-state index contributed by atoms with van der Waals surface area (Å²) in [5, 5.41) is 14.6. The topological polar surface area (TPSA) is 235 Å². The highest BCUT2D eigenvalue weighted by Gasteiger charge is 2.37. The Hall–Kier alpha value is -3.68. The largest absolute Gasteiger partial charge is 0.480 e. The van der Waals surface area contributed by atoms with Crippen molar-refractivity contribution in [3.05, 3.63) is 18.2 Å². The summed E-state index contributed by atoms with van der Waals surface area (Å²) in [6, 6.07) is -3.82. The third-order valence-corrected chi connectivity index (χ3v) is 5.40. The van der Waals surface area contributed by atoms with Crippen LogP contribution in [0.25, 0.3) is 0 Å². The SMILES string of the molecule is CC(N)C(=O)N1CCCC1C(=O)NC(Cc1cnc[nH]1)C(=O)NC(CCCN=C(N)N)C(=O)O. The van der Waals surface area contributed by atoms with E-state index in [4.69, 9.17) is 17.2 Å². The lowest BCUT2D eigenvalue weighted by molar-refractivity contribution is -0.143. The number of hydrogen-bond acceptors (Lipinski definition) is 7. The van der Waals surface area contributed by atoms with Gasteiger partial charge in [0.05, 0.1) is 12.4 Å². The van der Waals surface area contributed by atoms with Crippen LogP contribution >= 0.6 is 0 Å². The molecular weight excluding hydrogens is 446 g/mol. The second kappa shape index (κ2) is 12.5. The van der Waals surface area contributed by atoms with Crippen LogP contribution < -0.4 is 27.8 Å². The minimum atomic E-state index is -1.23. The number of rotatable bonds is 12. The number of aromatic nitrogens is 2. The van der Waals surface area contributed by atoms with Crippen molar-refractivity contribution in [2.45, 2.75) is 63.2 Å². The van der Waals surface area contributed by atoms with E-state index in [1.165, 1.54) is 17.4 Å². The van der Waals surface area contributed by atoms with Crippen molar-refractivity contribution in [3.63, 3.8) is 0 Å². The molecule has 0 aromatic carbocycles. The van der Waals surface area contributed by atoms with E-state index in [1.807, 2.05) is 0 Å². The zero-order valence-corrected chi connectivity index (χ0v) is 19.1. The zero-order chi connectivity index (χ0) is 25.3. The number of imidazole rings is 1. The van der Waals surface area contributed by atoms with E-state index in [-0.39, 0.29) is 31.3 Å². The summed E-state index contributed by atoms with van der Waals surface area (Å²) in [7, 11) is 0. The third kappa shape index (κ3) is 7.72. The van der Waals surface area contributed by atoms with Crippen molar-refractivity contribution in [2.24, 2.45) is 22.2 Å². The molecule has 1 aromatic heterocycles. The Balaban J connectivity index is 2.10. The molecule has 4 unspecified atom stereocenters. The van der Waals surface area contributed by atoms with E-state index < -0.39 is 42.0 Å². The van der Waals surface area contributed by atoms with Gasteiger partial charge in [-0.05, 0) is 32.6 Å². The highest BCUT2D eigenvalue weighted by molar-refractivity contribution is 5.94. The number of carbonyl (C=O) groups is 4. The van der Waals surface area contributed by atoms with Gasteiger partial charge >= 0.3 is 5.97 Å². The second-order valence-electron chi connectivity index (χ2n) is 8.17. The monoisotopic (exact) mass is 479 g/mol. The third-order valence-electron chi connectivity index (χ3n) is 5.40. The Morgan fingerprint density at radius 3 is 2.62 bits per heavy atom. The minimum Gasteiger partial charge on any atom is -0.480 e. The molecule has 0 radical (unpaired) electrons. The van der Waals surface area contributed by atoms with Crippen LogP contribution in [-0.2, 0) is 25.6 Å². The lowest BCUT2D eigenvalue weighted by Gasteiger charge is -2.28. The number of carbonyl (C=O) groups excluding carboxylic acids is 3. The average Bonchev–Trinajstić information content (AvgIpc) is 3.46. The van der Waals surface area contributed by atoms with Crippen molar-refractivity contribution in [1.82, 2.24) is 25.5 Å². The fraction of sp³-hybridized carbons (Fsp3) is 0.600. The number of aromatic amines is 1. The van der Waals surface area contributed by atoms with Crippen LogP contribution in [0.4, 0.5) is 0 Å². The Kier molecular flexibility index (Phi) is 9.79. The summed E-state index contributed by atoms with van der Waals surface area (Å²) >= 11 is 0. The number of H-pyrrole nitrogens is 1. The highest BCUT2D eigenvalue weighted by Crippen LogP contribution is 2.18. The molecule has 1 fully saturated rings. The summed E-state index contributed by atoms with van der Waals surface area (Å²) in [4.78, 5) is 62.0. The number of guanidine groups is 1. The standard InChI is InChI=1S/C20H33N9O5/c1-11(21)18(32)29-7-3-5-15(29)17(31)28-14(8-12-9-24-10-26-12)16(30)27-13(19(33)34)4-2-6-25-20(22)23/h9-11,13-15H,2-8,21H2,1H3,(H,24,26)(H,27,30)(H,28,31)(H,33,34)(H4,22,23,25). The van der Waals surface area contributed by atoms with Gasteiger partial charge in [0.15, 0.2) is 5.96 Å². The van der Waals surface area contributed by atoms with Gasteiger partial charge in [0.1, 0.15) is 18.1 Å². The Labute approximate surface area is 196 Å². The van der Waals surface area contributed by atoms with Crippen LogP contribution in [0.2, 0.25) is 0 Å². The maximum absolute atomic E-state index is 13.0. The molecule has 1 saturated heterocycles. The van der Waals surface area contributed by atoms with E-state index in [2.05, 4.69) is 25.6 Å². The average molecular weight is 480 g/mol. The van der Waals surface area contributed by atoms with Crippen molar-refractivity contribution in [3.8, 4) is 0 Å². The maximum Gasteiger partial charge on any atom is 0.326 e. The number of aliphatic imine (C=N–C) groups is 1. The van der Waals surface area contributed by atoms with Crippen LogP contribution in [0.3, 0.4) is 0 Å². The van der Waals surface area contributed by atoms with Crippen LogP contribution in [0.5, 0.6) is 0 Å². The van der Waals surface area contributed by atoms with Gasteiger partial charge in [0, 0.05) is 31.4 Å². The fourth-order valence-electron chi connectivity index (χ4n) is 3.69. The predicted octanol–water partition coefficient (Wildman–Crippen LogP) is -2.60. The molecule has 0 saturated carbocycles. The summed E-state index contributed by atoms with van der Waals surface area (Å²) in [5.41, 5.74) is 16.8. The van der Waals surface area contributed by atoms with E-state index in [0.29, 0.717) is 31.5 Å². The molecule has 1 aromatic rings. The van der Waals surface area contributed by atoms with Crippen molar-refractivity contribution < 1.29 is 24.3 Å². The van der Waals surface area contributed by atoms with Crippen molar-refractivity contribution in [1.29, 1.82) is 0 Å². The normalized spacial score (nSPS) is 17.9. The molecule has 14 nitrogen and oxygen atoms in total. The second-order valence-corrected chi connectivity index (χ2v) is 8.17. The van der Waals surface area contributed by atoms with Crippen LogP contribution in [-0.4, -0.2) is 86.9 Å². The minimum absolute atomic E-state index is 0.0475. The first-order chi connectivity index (χ1) is 16.1. The lowest BCUT2D eigenvalue weighted by atomic mass is 10.1. The summed E-state index contributed by atoms with van der Waals surface area (Å²) < 4.78 is 0. The number of hydrogen-bond donors (Lipinski definition) is 7. The maximum atomic E-state index is 13.0. The smallest absolute Gasteiger partial charge is 0.326 e. The molecular formula is C20H33N9O5. The molecule has 14 heteroatoms. The summed E-state index contributed by atoms with van der Waals surface area (Å²) in [6.45, 7) is 2.15. The van der Waals surface area contributed by atoms with E-state index >= 15 is 0 Å². The molecule has 0 aliphatic carbocycles. The fourth-order valence-corrected chi connectivity index (χ4v) is 3.69. The van der Waals surface area contributed by atoms with Gasteiger partial charge in [-0.15, -0.1) is 0 Å². The van der Waals surface area contributed by atoms with Gasteiger partial charge in [0.25, 0.3) is 0 Å². The molecule has 2 heterocycles.